The molecule has 0 aromatic carbocycles. The molecule has 1 heterocycles. The Morgan fingerprint density at radius 2 is 1.85 bits per heavy atom. The van der Waals surface area contributed by atoms with E-state index < -0.39 is 0 Å². The first-order chi connectivity index (χ1) is 9.71. The summed E-state index contributed by atoms with van der Waals surface area (Å²) in [4.78, 5) is 14.4. The summed E-state index contributed by atoms with van der Waals surface area (Å²) < 4.78 is 0. The molecule has 3 nitrogen and oxygen atoms in total. The minimum absolute atomic E-state index is 0.373. The monoisotopic (exact) mass is 282 g/mol. The summed E-state index contributed by atoms with van der Waals surface area (Å²) >= 11 is 0. The molecule has 1 atom stereocenters. The molecule has 0 aromatic heterocycles. The second-order valence-electron chi connectivity index (χ2n) is 6.38. The van der Waals surface area contributed by atoms with Gasteiger partial charge in [0.2, 0.25) is 5.91 Å². The van der Waals surface area contributed by atoms with Crippen LogP contribution in [0, 0.1) is 11.8 Å². The van der Waals surface area contributed by atoms with Crippen LogP contribution in [-0.4, -0.2) is 30.4 Å². The van der Waals surface area contributed by atoms with Gasteiger partial charge in [-0.1, -0.05) is 39.5 Å². The van der Waals surface area contributed by atoms with Gasteiger partial charge < -0.3 is 10.6 Å². The Morgan fingerprint density at radius 3 is 2.40 bits per heavy atom. The van der Waals surface area contributed by atoms with E-state index in [0.29, 0.717) is 11.8 Å². The van der Waals surface area contributed by atoms with Crippen LogP contribution in [0.4, 0.5) is 0 Å². The molecule has 0 aromatic rings. The zero-order chi connectivity index (χ0) is 14.8. The van der Waals surface area contributed by atoms with Crippen LogP contribution in [0.25, 0.3) is 0 Å². The maximum Gasteiger partial charge on any atom is 0.222 e. The number of carbonyl (C=O) groups is 1. The van der Waals surface area contributed by atoms with Gasteiger partial charge in [-0.2, -0.15) is 0 Å². The van der Waals surface area contributed by atoms with E-state index in [1.54, 1.807) is 0 Å². The van der Waals surface area contributed by atoms with Crippen molar-refractivity contribution in [3.05, 3.63) is 0 Å². The van der Waals surface area contributed by atoms with E-state index in [0.717, 1.165) is 44.8 Å². The summed E-state index contributed by atoms with van der Waals surface area (Å²) in [5.41, 5.74) is 5.66. The molecule has 1 amide bonds. The fourth-order valence-corrected chi connectivity index (χ4v) is 3.44. The van der Waals surface area contributed by atoms with Gasteiger partial charge in [0.05, 0.1) is 0 Å². The summed E-state index contributed by atoms with van der Waals surface area (Å²) in [7, 11) is 0. The Kier molecular flexibility index (Phi) is 8.92. The van der Waals surface area contributed by atoms with E-state index in [-0.39, 0.29) is 0 Å². The van der Waals surface area contributed by atoms with Gasteiger partial charge in [0.1, 0.15) is 0 Å². The molecule has 118 valence electrons. The van der Waals surface area contributed by atoms with Gasteiger partial charge in [0, 0.05) is 19.5 Å². The van der Waals surface area contributed by atoms with E-state index in [9.17, 15) is 4.79 Å². The number of nitrogens with two attached hydrogens (primary N) is 1. The molecule has 1 saturated heterocycles. The number of amides is 1. The quantitative estimate of drug-likeness (QED) is 0.702. The molecule has 0 aliphatic carbocycles. The smallest absolute Gasteiger partial charge is 0.222 e. The average molecular weight is 282 g/mol. The van der Waals surface area contributed by atoms with Crippen molar-refractivity contribution in [3.63, 3.8) is 0 Å². The predicted molar refractivity (Wildman–Crippen MR) is 85.5 cm³/mol. The predicted octanol–water partition coefficient (Wildman–Crippen LogP) is 3.57. The second kappa shape index (κ2) is 10.2. The van der Waals surface area contributed by atoms with Gasteiger partial charge >= 0.3 is 0 Å². The summed E-state index contributed by atoms with van der Waals surface area (Å²) in [5.74, 6) is 1.87. The number of nitrogens with zero attached hydrogens (tertiary/aromatic N) is 1. The zero-order valence-electron chi connectivity index (χ0n) is 13.6. The third-order valence-electron chi connectivity index (χ3n) is 4.70. The van der Waals surface area contributed by atoms with Crippen molar-refractivity contribution < 1.29 is 4.79 Å². The van der Waals surface area contributed by atoms with Gasteiger partial charge in [-0.25, -0.2) is 0 Å². The number of hydrogen-bond donors (Lipinski definition) is 1. The fourth-order valence-electron chi connectivity index (χ4n) is 3.44. The highest BCUT2D eigenvalue weighted by Gasteiger charge is 2.22. The lowest BCUT2D eigenvalue weighted by atomic mass is 9.91. The van der Waals surface area contributed by atoms with E-state index in [2.05, 4.69) is 18.7 Å². The van der Waals surface area contributed by atoms with Crippen molar-refractivity contribution in [2.45, 2.75) is 71.6 Å². The lowest BCUT2D eigenvalue weighted by Crippen LogP contribution is -2.38. The average Bonchev–Trinajstić information content (AvgIpc) is 2.46. The van der Waals surface area contributed by atoms with E-state index >= 15 is 0 Å². The van der Waals surface area contributed by atoms with Crippen molar-refractivity contribution >= 4 is 5.91 Å². The Morgan fingerprint density at radius 1 is 1.15 bits per heavy atom. The molecule has 1 fully saturated rings. The summed E-state index contributed by atoms with van der Waals surface area (Å²) in [6.07, 6.45) is 10.3. The Labute approximate surface area is 125 Å². The highest BCUT2D eigenvalue weighted by molar-refractivity contribution is 5.76. The largest absolute Gasteiger partial charge is 0.343 e. The number of piperidine rings is 1. The summed E-state index contributed by atoms with van der Waals surface area (Å²) in [6.45, 7) is 7.19. The van der Waals surface area contributed by atoms with Crippen LogP contribution in [0.5, 0.6) is 0 Å². The van der Waals surface area contributed by atoms with Crippen LogP contribution in [0.1, 0.15) is 71.6 Å². The van der Waals surface area contributed by atoms with Gasteiger partial charge in [-0.15, -0.1) is 0 Å². The molecule has 1 unspecified atom stereocenters. The van der Waals surface area contributed by atoms with E-state index in [1.165, 1.54) is 38.5 Å². The van der Waals surface area contributed by atoms with Gasteiger partial charge in [0.15, 0.2) is 0 Å². The number of carbonyl (C=O) groups excluding carboxylic acids is 1. The van der Waals surface area contributed by atoms with Crippen LogP contribution >= 0.6 is 0 Å². The number of rotatable bonds is 9. The highest BCUT2D eigenvalue weighted by Crippen LogP contribution is 2.23. The van der Waals surface area contributed by atoms with E-state index in [4.69, 9.17) is 5.73 Å². The third kappa shape index (κ3) is 6.25. The van der Waals surface area contributed by atoms with Gasteiger partial charge in [-0.3, -0.25) is 4.79 Å². The lowest BCUT2D eigenvalue weighted by Gasteiger charge is -2.32. The highest BCUT2D eigenvalue weighted by atomic mass is 16.2. The first-order valence-electron chi connectivity index (χ1n) is 8.69. The standard InChI is InChI=1S/C17H34N2O/c1-3-5-15(9-12-18)7-8-17(20)19-13-10-16(6-4-2)11-14-19/h15-16H,3-14,18H2,1-2H3. The maximum atomic E-state index is 12.3. The molecule has 3 heteroatoms. The Bertz CT molecular complexity index is 254. The molecule has 0 bridgehead atoms. The van der Waals surface area contributed by atoms with Gasteiger partial charge in [0.25, 0.3) is 0 Å². The Balaban J connectivity index is 2.25. The molecule has 20 heavy (non-hydrogen) atoms. The molecule has 1 rings (SSSR count). The normalized spacial score (nSPS) is 18.2. The molecule has 0 saturated carbocycles. The summed E-state index contributed by atoms with van der Waals surface area (Å²) in [5, 5.41) is 0. The molecule has 0 spiro atoms. The fraction of sp³-hybridized carbons (Fsp3) is 0.941. The Hall–Kier alpha value is -0.570. The van der Waals surface area contributed by atoms with Crippen LogP contribution in [-0.2, 0) is 4.79 Å². The lowest BCUT2D eigenvalue weighted by molar-refractivity contribution is -0.133. The van der Waals surface area contributed by atoms with Gasteiger partial charge in [-0.05, 0) is 44.1 Å². The van der Waals surface area contributed by atoms with Crippen LogP contribution in [0.3, 0.4) is 0 Å². The third-order valence-corrected chi connectivity index (χ3v) is 4.70. The van der Waals surface area contributed by atoms with Crippen molar-refractivity contribution in [3.8, 4) is 0 Å². The summed E-state index contributed by atoms with van der Waals surface area (Å²) in [6, 6.07) is 0. The van der Waals surface area contributed by atoms with Crippen LogP contribution < -0.4 is 5.73 Å². The van der Waals surface area contributed by atoms with Crippen molar-refractivity contribution in [2.24, 2.45) is 17.6 Å². The topological polar surface area (TPSA) is 46.3 Å². The van der Waals surface area contributed by atoms with Crippen molar-refractivity contribution in [1.29, 1.82) is 0 Å². The minimum atomic E-state index is 0.373. The molecular weight excluding hydrogens is 248 g/mol. The molecule has 1 aliphatic rings. The SMILES string of the molecule is CCCC(CCN)CCC(=O)N1CCC(CCC)CC1. The van der Waals surface area contributed by atoms with Crippen LogP contribution in [0.2, 0.25) is 0 Å². The van der Waals surface area contributed by atoms with Crippen LogP contribution in [0.15, 0.2) is 0 Å². The van der Waals surface area contributed by atoms with Crippen molar-refractivity contribution in [2.75, 3.05) is 19.6 Å². The first-order valence-corrected chi connectivity index (χ1v) is 8.69. The maximum absolute atomic E-state index is 12.3. The zero-order valence-corrected chi connectivity index (χ0v) is 13.6. The first kappa shape index (κ1) is 17.5. The second-order valence-corrected chi connectivity index (χ2v) is 6.38. The minimum Gasteiger partial charge on any atom is -0.343 e. The molecular formula is C17H34N2O. The molecule has 1 aliphatic heterocycles. The molecule has 2 N–H and O–H groups in total. The van der Waals surface area contributed by atoms with Crippen molar-refractivity contribution in [1.82, 2.24) is 4.90 Å². The van der Waals surface area contributed by atoms with E-state index in [1.807, 2.05) is 0 Å². The number of likely N-dealkylation sites (tertiary alicyclic amines) is 1. The number of hydrogen-bond acceptors (Lipinski definition) is 2. The molecule has 0 radical (unpaired) electrons.